The summed E-state index contributed by atoms with van der Waals surface area (Å²) in [6.45, 7) is 3.43. The largest absolute Gasteiger partial charge is 0.330 e. The van der Waals surface area contributed by atoms with E-state index in [-0.39, 0.29) is 24.3 Å². The normalized spacial score (nSPS) is 10.5. The Labute approximate surface area is 93.2 Å². The Morgan fingerprint density at radius 2 is 2.13 bits per heavy atom. The van der Waals surface area contributed by atoms with Gasteiger partial charge in [-0.2, -0.15) is 0 Å². The number of carbonyl (C=O) groups excluding carboxylic acids is 1. The first-order valence-corrected chi connectivity index (χ1v) is 5.05. The highest BCUT2D eigenvalue weighted by atomic mass is 35.5. The monoisotopic (exact) mass is 229 g/mol. The summed E-state index contributed by atoms with van der Waals surface area (Å²) in [5.74, 6) is -0.784. The van der Waals surface area contributed by atoms with Gasteiger partial charge in [-0.05, 0) is 37.6 Å². The number of halogens is 2. The number of hydrogen-bond acceptors (Lipinski definition) is 2. The van der Waals surface area contributed by atoms with Crippen LogP contribution in [0.5, 0.6) is 0 Å². The van der Waals surface area contributed by atoms with Crippen molar-refractivity contribution in [2.45, 2.75) is 20.3 Å². The molecule has 0 atom stereocenters. The molecule has 0 fully saturated rings. The highest BCUT2D eigenvalue weighted by Gasteiger charge is 2.18. The maximum Gasteiger partial charge on any atom is 0.167 e. The van der Waals surface area contributed by atoms with E-state index in [4.69, 9.17) is 17.3 Å². The smallest absolute Gasteiger partial charge is 0.167 e. The summed E-state index contributed by atoms with van der Waals surface area (Å²) >= 11 is 5.89. The average Bonchev–Trinajstić information content (AvgIpc) is 2.16. The Balaban J connectivity index is 3.32. The van der Waals surface area contributed by atoms with Gasteiger partial charge in [-0.15, -0.1) is 0 Å². The summed E-state index contributed by atoms with van der Waals surface area (Å²) in [7, 11) is 0. The summed E-state index contributed by atoms with van der Waals surface area (Å²) in [6.07, 6.45) is 0.136. The van der Waals surface area contributed by atoms with Gasteiger partial charge in [-0.1, -0.05) is 11.6 Å². The second-order valence-corrected chi connectivity index (χ2v) is 3.86. The molecule has 0 saturated carbocycles. The maximum absolute atomic E-state index is 13.7. The molecular weight excluding hydrogens is 217 g/mol. The molecule has 15 heavy (non-hydrogen) atoms. The van der Waals surface area contributed by atoms with Crippen LogP contribution < -0.4 is 5.73 Å². The number of carbonyl (C=O) groups is 1. The average molecular weight is 230 g/mol. The number of nitrogens with two attached hydrogens (primary N) is 1. The van der Waals surface area contributed by atoms with Gasteiger partial charge in [0.2, 0.25) is 0 Å². The summed E-state index contributed by atoms with van der Waals surface area (Å²) in [6, 6.07) is 1.52. The predicted octanol–water partition coefficient (Wildman–Crippen LogP) is 2.63. The van der Waals surface area contributed by atoms with Gasteiger partial charge in [-0.3, -0.25) is 4.79 Å². The minimum atomic E-state index is -0.490. The summed E-state index contributed by atoms with van der Waals surface area (Å²) in [4.78, 5) is 11.6. The third kappa shape index (κ3) is 2.36. The van der Waals surface area contributed by atoms with Crippen LogP contribution in [0, 0.1) is 19.7 Å². The lowest BCUT2D eigenvalue weighted by Crippen LogP contribution is -2.12. The van der Waals surface area contributed by atoms with Gasteiger partial charge >= 0.3 is 0 Å². The van der Waals surface area contributed by atoms with Crippen molar-refractivity contribution in [2.24, 2.45) is 5.73 Å². The lowest BCUT2D eigenvalue weighted by molar-refractivity contribution is 0.0980. The topological polar surface area (TPSA) is 43.1 Å². The Morgan fingerprint density at radius 3 is 2.67 bits per heavy atom. The number of hydrogen-bond donors (Lipinski definition) is 1. The second-order valence-electron chi connectivity index (χ2n) is 3.45. The Kier molecular flexibility index (Phi) is 3.83. The van der Waals surface area contributed by atoms with Crippen LogP contribution in [0.1, 0.15) is 27.9 Å². The Bertz CT molecular complexity index is 378. The van der Waals surface area contributed by atoms with Crippen LogP contribution in [0.25, 0.3) is 0 Å². The van der Waals surface area contributed by atoms with Gasteiger partial charge in [0, 0.05) is 11.4 Å². The van der Waals surface area contributed by atoms with E-state index in [1.165, 1.54) is 6.07 Å². The molecule has 0 aromatic heterocycles. The molecule has 0 unspecified atom stereocenters. The predicted molar refractivity (Wildman–Crippen MR) is 58.9 cm³/mol. The second kappa shape index (κ2) is 4.73. The number of aryl methyl sites for hydroxylation is 1. The Morgan fingerprint density at radius 1 is 1.53 bits per heavy atom. The van der Waals surface area contributed by atoms with Crippen LogP contribution in [0.3, 0.4) is 0 Å². The lowest BCUT2D eigenvalue weighted by Gasteiger charge is -2.09. The van der Waals surface area contributed by atoms with Crippen molar-refractivity contribution in [1.29, 1.82) is 0 Å². The molecule has 1 rings (SSSR count). The third-order valence-electron chi connectivity index (χ3n) is 2.29. The molecule has 82 valence electrons. The zero-order chi connectivity index (χ0) is 11.6. The van der Waals surface area contributed by atoms with Crippen LogP contribution >= 0.6 is 11.6 Å². The molecule has 2 N–H and O–H groups in total. The molecular formula is C11H13ClFNO. The lowest BCUT2D eigenvalue weighted by atomic mass is 9.99. The fraction of sp³-hybridized carbons (Fsp3) is 0.364. The van der Waals surface area contributed by atoms with Crippen molar-refractivity contribution in [2.75, 3.05) is 6.54 Å². The van der Waals surface area contributed by atoms with E-state index >= 15 is 0 Å². The van der Waals surface area contributed by atoms with Gasteiger partial charge in [0.15, 0.2) is 5.78 Å². The number of ketones is 1. The molecule has 0 bridgehead atoms. The molecule has 0 spiro atoms. The first-order valence-electron chi connectivity index (χ1n) is 4.67. The zero-order valence-corrected chi connectivity index (χ0v) is 9.49. The molecule has 0 aliphatic heterocycles. The van der Waals surface area contributed by atoms with Crippen LogP contribution in [-0.4, -0.2) is 12.3 Å². The molecule has 0 aliphatic carbocycles. The van der Waals surface area contributed by atoms with Gasteiger partial charge in [-0.25, -0.2) is 4.39 Å². The summed E-state index contributed by atoms with van der Waals surface area (Å²) in [5.41, 5.74) is 6.21. The molecule has 1 aromatic carbocycles. The number of benzene rings is 1. The Hall–Kier alpha value is -0.930. The van der Waals surface area contributed by atoms with Crippen molar-refractivity contribution in [3.05, 3.63) is 33.6 Å². The van der Waals surface area contributed by atoms with E-state index in [9.17, 15) is 9.18 Å². The fourth-order valence-corrected chi connectivity index (χ4v) is 1.69. The molecule has 0 saturated heterocycles. The molecule has 0 aliphatic rings. The van der Waals surface area contributed by atoms with Gasteiger partial charge in [0.25, 0.3) is 0 Å². The molecule has 0 amide bonds. The number of rotatable bonds is 3. The van der Waals surface area contributed by atoms with Gasteiger partial charge in [0.1, 0.15) is 5.82 Å². The summed E-state index contributed by atoms with van der Waals surface area (Å²) < 4.78 is 13.7. The fourth-order valence-electron chi connectivity index (χ4n) is 1.43. The van der Waals surface area contributed by atoms with Crippen LogP contribution in [0.4, 0.5) is 4.39 Å². The van der Waals surface area contributed by atoms with E-state index in [2.05, 4.69) is 0 Å². The van der Waals surface area contributed by atoms with E-state index in [0.717, 1.165) is 0 Å². The molecule has 1 aromatic rings. The maximum atomic E-state index is 13.7. The molecule has 0 heterocycles. The molecule has 2 nitrogen and oxygen atoms in total. The van der Waals surface area contributed by atoms with E-state index < -0.39 is 5.82 Å². The van der Waals surface area contributed by atoms with Crippen molar-refractivity contribution in [1.82, 2.24) is 0 Å². The van der Waals surface area contributed by atoms with Crippen molar-refractivity contribution < 1.29 is 9.18 Å². The first-order chi connectivity index (χ1) is 6.99. The third-order valence-corrected chi connectivity index (χ3v) is 2.68. The highest BCUT2D eigenvalue weighted by molar-refractivity contribution is 6.32. The van der Waals surface area contributed by atoms with E-state index in [0.29, 0.717) is 16.1 Å². The minimum Gasteiger partial charge on any atom is -0.330 e. The molecule has 0 radical (unpaired) electrons. The van der Waals surface area contributed by atoms with Crippen LogP contribution in [0.2, 0.25) is 5.02 Å². The van der Waals surface area contributed by atoms with Crippen LogP contribution in [-0.2, 0) is 0 Å². The van der Waals surface area contributed by atoms with Crippen LogP contribution in [0.15, 0.2) is 6.07 Å². The van der Waals surface area contributed by atoms with Crippen molar-refractivity contribution in [3.8, 4) is 0 Å². The van der Waals surface area contributed by atoms with Crippen molar-refractivity contribution in [3.63, 3.8) is 0 Å². The first kappa shape index (κ1) is 12.1. The zero-order valence-electron chi connectivity index (χ0n) is 8.73. The molecule has 4 heteroatoms. The quantitative estimate of drug-likeness (QED) is 0.810. The highest BCUT2D eigenvalue weighted by Crippen LogP contribution is 2.25. The number of Topliss-reactive ketones (excluding diaryl/α,β-unsaturated/α-hetero) is 1. The SMILES string of the molecule is Cc1cc(Cl)c(C)c(C(=O)CCN)c1F. The van der Waals surface area contributed by atoms with Gasteiger partial charge in [0.05, 0.1) is 5.56 Å². The van der Waals surface area contributed by atoms with E-state index in [1.807, 2.05) is 0 Å². The van der Waals surface area contributed by atoms with E-state index in [1.54, 1.807) is 13.8 Å². The summed E-state index contributed by atoms with van der Waals surface area (Å²) in [5, 5.41) is 0.411. The minimum absolute atomic E-state index is 0.0745. The van der Waals surface area contributed by atoms with Gasteiger partial charge < -0.3 is 5.73 Å². The standard InChI is InChI=1S/C11H13ClFNO/c1-6-5-8(12)7(2)10(11(6)13)9(15)3-4-14/h5H,3-4,14H2,1-2H3. The van der Waals surface area contributed by atoms with Crippen molar-refractivity contribution >= 4 is 17.4 Å².